The van der Waals surface area contributed by atoms with E-state index in [0.717, 1.165) is 29.6 Å². The van der Waals surface area contributed by atoms with Crippen LogP contribution >= 0.6 is 11.3 Å². The monoisotopic (exact) mass is 328 g/mol. The van der Waals surface area contributed by atoms with Gasteiger partial charge >= 0.3 is 0 Å². The zero-order valence-electron chi connectivity index (χ0n) is 12.5. The molecule has 5 nitrogen and oxygen atoms in total. The number of carbonyl (C=O) groups excluding carboxylic acids is 1. The van der Waals surface area contributed by atoms with Crippen molar-refractivity contribution in [1.29, 1.82) is 0 Å². The van der Waals surface area contributed by atoms with Gasteiger partial charge in [-0.1, -0.05) is 0 Å². The Hall–Kier alpha value is -2.34. The highest BCUT2D eigenvalue weighted by Gasteiger charge is 2.18. The molecule has 118 valence electrons. The van der Waals surface area contributed by atoms with Gasteiger partial charge in [-0.05, 0) is 37.5 Å². The van der Waals surface area contributed by atoms with Crippen molar-refractivity contribution < 1.29 is 13.9 Å². The number of fused-ring (bicyclic) bond motifs is 3. The molecule has 3 aromatic rings. The number of benzene rings is 1. The minimum atomic E-state index is -0.214. The van der Waals surface area contributed by atoms with Gasteiger partial charge in [0.2, 0.25) is 0 Å². The number of nitrogens with one attached hydrogen (secondary N) is 1. The number of rotatable bonds is 4. The maximum Gasteiger partial charge on any atom is 0.264 e. The molecule has 1 N–H and O–H groups in total. The first-order valence-electron chi connectivity index (χ1n) is 7.66. The zero-order chi connectivity index (χ0) is 15.6. The summed E-state index contributed by atoms with van der Waals surface area (Å²) in [7, 11) is 0. The molecule has 1 aliphatic carbocycles. The van der Waals surface area contributed by atoms with Gasteiger partial charge in [-0.15, -0.1) is 11.3 Å². The Morgan fingerprint density at radius 1 is 1.35 bits per heavy atom. The van der Waals surface area contributed by atoms with E-state index in [4.69, 9.17) is 9.15 Å². The van der Waals surface area contributed by atoms with Crippen molar-refractivity contribution in [3.8, 4) is 5.75 Å². The van der Waals surface area contributed by atoms with Crippen LogP contribution in [0.1, 0.15) is 24.2 Å². The highest BCUT2D eigenvalue weighted by molar-refractivity contribution is 7.13. The molecule has 1 aromatic carbocycles. The van der Waals surface area contributed by atoms with Crippen molar-refractivity contribution in [2.45, 2.75) is 25.7 Å². The highest BCUT2D eigenvalue weighted by Crippen LogP contribution is 2.33. The fourth-order valence-electron chi connectivity index (χ4n) is 2.92. The number of amides is 1. The third-order valence-corrected chi connectivity index (χ3v) is 4.66. The molecule has 0 aliphatic heterocycles. The molecule has 0 atom stereocenters. The average Bonchev–Trinajstić information content (AvgIpc) is 3.20. The smallest absolute Gasteiger partial charge is 0.264 e. The normalized spacial score (nSPS) is 13.7. The van der Waals surface area contributed by atoms with Crippen LogP contribution < -0.4 is 10.1 Å². The number of aryl methyl sites for hydroxylation is 2. The predicted octanol–water partition coefficient (Wildman–Crippen LogP) is 3.79. The van der Waals surface area contributed by atoms with Gasteiger partial charge in [-0.3, -0.25) is 10.1 Å². The van der Waals surface area contributed by atoms with E-state index in [9.17, 15) is 4.79 Å². The van der Waals surface area contributed by atoms with Crippen LogP contribution in [0.25, 0.3) is 11.0 Å². The first-order valence-corrected chi connectivity index (χ1v) is 8.54. The van der Waals surface area contributed by atoms with Crippen LogP contribution in [0.2, 0.25) is 0 Å². The zero-order valence-corrected chi connectivity index (χ0v) is 13.3. The largest absolute Gasteiger partial charge is 0.484 e. The molecule has 23 heavy (non-hydrogen) atoms. The van der Waals surface area contributed by atoms with Crippen LogP contribution in [0.4, 0.5) is 5.13 Å². The Morgan fingerprint density at radius 2 is 2.26 bits per heavy atom. The Bertz CT molecular complexity index is 839. The minimum absolute atomic E-state index is 0.0366. The van der Waals surface area contributed by atoms with Crippen LogP contribution in [-0.4, -0.2) is 17.5 Å². The van der Waals surface area contributed by atoms with E-state index in [1.54, 1.807) is 6.20 Å². The van der Waals surface area contributed by atoms with Crippen molar-refractivity contribution in [2.24, 2.45) is 0 Å². The van der Waals surface area contributed by atoms with Gasteiger partial charge < -0.3 is 9.15 Å². The lowest BCUT2D eigenvalue weighted by molar-refractivity contribution is -0.118. The maximum atomic E-state index is 11.8. The Morgan fingerprint density at radius 3 is 3.13 bits per heavy atom. The second kappa shape index (κ2) is 6.04. The lowest BCUT2D eigenvalue weighted by Crippen LogP contribution is -2.19. The van der Waals surface area contributed by atoms with Gasteiger partial charge in [0.15, 0.2) is 11.7 Å². The summed E-state index contributed by atoms with van der Waals surface area (Å²) in [6.07, 6.45) is 6.10. The summed E-state index contributed by atoms with van der Waals surface area (Å²) in [4.78, 5) is 15.9. The first kappa shape index (κ1) is 14.3. The highest BCUT2D eigenvalue weighted by atomic mass is 32.1. The Balaban J connectivity index is 1.47. The van der Waals surface area contributed by atoms with Crippen LogP contribution in [0.5, 0.6) is 5.75 Å². The average molecular weight is 328 g/mol. The van der Waals surface area contributed by atoms with Crippen LogP contribution in [0.15, 0.2) is 34.2 Å². The number of thiazole rings is 1. The summed E-state index contributed by atoms with van der Waals surface area (Å²) in [6.45, 7) is -0.0366. The number of carbonyl (C=O) groups is 1. The minimum Gasteiger partial charge on any atom is -0.484 e. The fraction of sp³-hybridized carbons (Fsp3) is 0.294. The van der Waals surface area contributed by atoms with E-state index in [1.807, 2.05) is 23.6 Å². The summed E-state index contributed by atoms with van der Waals surface area (Å²) in [5.41, 5.74) is 2.19. The number of furan rings is 1. The van der Waals surface area contributed by atoms with Crippen molar-refractivity contribution >= 4 is 33.3 Å². The molecule has 4 rings (SSSR count). The SMILES string of the molecule is O=C(COc1ccc2oc3c(c2c1)CCCC3)Nc1nccs1. The Kier molecular flexibility index (Phi) is 3.75. The van der Waals surface area contributed by atoms with E-state index in [1.165, 1.54) is 29.7 Å². The van der Waals surface area contributed by atoms with Crippen LogP contribution in [0.3, 0.4) is 0 Å². The van der Waals surface area contributed by atoms with Gasteiger partial charge in [0.25, 0.3) is 5.91 Å². The quantitative estimate of drug-likeness (QED) is 0.791. The van der Waals surface area contributed by atoms with Crippen molar-refractivity contribution in [1.82, 2.24) is 4.98 Å². The summed E-state index contributed by atoms with van der Waals surface area (Å²) >= 11 is 1.38. The molecular weight excluding hydrogens is 312 g/mol. The summed E-state index contributed by atoms with van der Waals surface area (Å²) in [5.74, 6) is 1.57. The number of aromatic nitrogens is 1. The molecule has 0 bridgehead atoms. The second-order valence-electron chi connectivity index (χ2n) is 5.54. The van der Waals surface area contributed by atoms with Gasteiger partial charge in [-0.2, -0.15) is 0 Å². The fourth-order valence-corrected chi connectivity index (χ4v) is 3.47. The third kappa shape index (κ3) is 2.94. The van der Waals surface area contributed by atoms with Gasteiger partial charge in [0.1, 0.15) is 17.1 Å². The topological polar surface area (TPSA) is 64.4 Å². The molecule has 2 aromatic heterocycles. The molecule has 0 saturated heterocycles. The number of hydrogen-bond acceptors (Lipinski definition) is 5. The number of ether oxygens (including phenoxy) is 1. The summed E-state index contributed by atoms with van der Waals surface area (Å²) in [6, 6.07) is 5.73. The number of nitrogens with zero attached hydrogens (tertiary/aromatic N) is 1. The molecule has 0 radical (unpaired) electrons. The third-order valence-electron chi connectivity index (χ3n) is 3.98. The van der Waals surface area contributed by atoms with Crippen LogP contribution in [-0.2, 0) is 17.6 Å². The molecule has 0 unspecified atom stereocenters. The van der Waals surface area contributed by atoms with Gasteiger partial charge in [0, 0.05) is 28.9 Å². The lowest BCUT2D eigenvalue weighted by atomic mass is 9.96. The molecule has 0 fully saturated rings. The molecule has 2 heterocycles. The molecule has 0 saturated carbocycles. The van der Waals surface area contributed by atoms with Gasteiger partial charge in [0.05, 0.1) is 0 Å². The standard InChI is InChI=1S/C17H16N2O3S/c20-16(19-17-18-7-8-23-17)10-21-11-5-6-15-13(9-11)12-3-1-2-4-14(12)22-15/h5-9H,1-4,10H2,(H,18,19,20). The molecule has 6 heteroatoms. The van der Waals surface area contributed by atoms with Crippen molar-refractivity contribution in [3.63, 3.8) is 0 Å². The van der Waals surface area contributed by atoms with Crippen molar-refractivity contribution in [2.75, 3.05) is 11.9 Å². The van der Waals surface area contributed by atoms with E-state index >= 15 is 0 Å². The summed E-state index contributed by atoms with van der Waals surface area (Å²) in [5, 5.41) is 6.20. The van der Waals surface area contributed by atoms with Crippen LogP contribution in [0, 0.1) is 0 Å². The first-order chi connectivity index (χ1) is 11.3. The van der Waals surface area contributed by atoms with E-state index in [2.05, 4.69) is 10.3 Å². The van der Waals surface area contributed by atoms with Crippen molar-refractivity contribution in [3.05, 3.63) is 41.1 Å². The molecule has 1 amide bonds. The van der Waals surface area contributed by atoms with Gasteiger partial charge in [-0.25, -0.2) is 4.98 Å². The second-order valence-corrected chi connectivity index (χ2v) is 6.44. The maximum absolute atomic E-state index is 11.8. The number of anilines is 1. The lowest BCUT2D eigenvalue weighted by Gasteiger charge is -2.09. The molecule has 0 spiro atoms. The van der Waals surface area contributed by atoms with E-state index < -0.39 is 0 Å². The predicted molar refractivity (Wildman–Crippen MR) is 89.1 cm³/mol. The van der Waals surface area contributed by atoms with E-state index in [0.29, 0.717) is 10.9 Å². The van der Waals surface area contributed by atoms with E-state index in [-0.39, 0.29) is 12.5 Å². The Labute approximate surface area is 137 Å². The molecular formula is C17H16N2O3S. The molecule has 1 aliphatic rings. The number of hydrogen-bond donors (Lipinski definition) is 1. The summed E-state index contributed by atoms with van der Waals surface area (Å²) < 4.78 is 11.5.